The van der Waals surface area contributed by atoms with Crippen molar-refractivity contribution < 1.29 is 4.39 Å². The molecule has 1 N–H and O–H groups in total. The van der Waals surface area contributed by atoms with Gasteiger partial charge in [0.05, 0.1) is 16.8 Å². The molecule has 1 heterocycles. The Morgan fingerprint density at radius 2 is 2.15 bits per heavy atom. The highest BCUT2D eigenvalue weighted by atomic mass is 35.5. The number of pyridine rings is 1. The molecule has 0 saturated carbocycles. The maximum absolute atomic E-state index is 13.5. The molecule has 2 rings (SSSR count). The van der Waals surface area contributed by atoms with E-state index < -0.39 is 0 Å². The molecule has 0 radical (unpaired) electrons. The molecule has 0 spiro atoms. The largest absolute Gasteiger partial charge is 0.309 e. The zero-order valence-corrected chi connectivity index (χ0v) is 12.4. The highest BCUT2D eigenvalue weighted by molar-refractivity contribution is 6.30. The number of likely N-dealkylation sites (N-methyl/N-ethyl adjacent to an activating group) is 1. The van der Waals surface area contributed by atoms with Gasteiger partial charge >= 0.3 is 0 Å². The highest BCUT2D eigenvalue weighted by Gasteiger charge is 2.15. The van der Waals surface area contributed by atoms with E-state index in [4.69, 9.17) is 11.6 Å². The molecule has 1 atom stereocenters. The van der Waals surface area contributed by atoms with Crippen LogP contribution in [0.4, 0.5) is 4.39 Å². The van der Waals surface area contributed by atoms with Crippen LogP contribution in [0.2, 0.25) is 5.02 Å². The van der Waals surface area contributed by atoms with Gasteiger partial charge < -0.3 is 5.32 Å². The number of hydrogen-bond donors (Lipinski definition) is 1. The fourth-order valence-corrected chi connectivity index (χ4v) is 2.39. The van der Waals surface area contributed by atoms with Crippen LogP contribution < -0.4 is 5.32 Å². The van der Waals surface area contributed by atoms with E-state index in [1.165, 1.54) is 6.07 Å². The third kappa shape index (κ3) is 3.56. The van der Waals surface area contributed by atoms with Crippen molar-refractivity contribution in [1.29, 1.82) is 0 Å². The van der Waals surface area contributed by atoms with Crippen molar-refractivity contribution in [3.63, 3.8) is 0 Å². The molecular weight excluding hydrogens is 275 g/mol. The van der Waals surface area contributed by atoms with E-state index in [2.05, 4.69) is 10.3 Å². The van der Waals surface area contributed by atoms with Crippen LogP contribution in [-0.2, 0) is 6.42 Å². The standard InChI is InChI=1S/C16H18ClFN2/c1-3-19-15(16-11(2)5-4-8-20-16)10-12-6-7-13(17)14(18)9-12/h4-9,15,19H,3,10H2,1-2H3. The fraction of sp³-hybridized carbons (Fsp3) is 0.312. The van der Waals surface area contributed by atoms with E-state index in [1.807, 2.05) is 32.0 Å². The van der Waals surface area contributed by atoms with Crippen LogP contribution in [-0.4, -0.2) is 11.5 Å². The maximum Gasteiger partial charge on any atom is 0.142 e. The lowest BCUT2D eigenvalue weighted by Gasteiger charge is -2.19. The van der Waals surface area contributed by atoms with Crippen LogP contribution in [0.25, 0.3) is 0 Å². The average molecular weight is 293 g/mol. The molecule has 0 saturated heterocycles. The van der Waals surface area contributed by atoms with Crippen LogP contribution in [0.1, 0.15) is 29.8 Å². The smallest absolute Gasteiger partial charge is 0.142 e. The number of aromatic nitrogens is 1. The summed E-state index contributed by atoms with van der Waals surface area (Å²) in [6.45, 7) is 4.92. The molecule has 0 amide bonds. The zero-order chi connectivity index (χ0) is 14.5. The topological polar surface area (TPSA) is 24.9 Å². The minimum Gasteiger partial charge on any atom is -0.309 e. The molecule has 0 aliphatic heterocycles. The van der Waals surface area contributed by atoms with Gasteiger partial charge in [-0.1, -0.05) is 30.7 Å². The van der Waals surface area contributed by atoms with Gasteiger partial charge in [0.15, 0.2) is 0 Å². The summed E-state index contributed by atoms with van der Waals surface area (Å²) in [7, 11) is 0. The second-order valence-electron chi connectivity index (χ2n) is 4.77. The number of nitrogens with one attached hydrogen (secondary N) is 1. The van der Waals surface area contributed by atoms with Crippen LogP contribution >= 0.6 is 11.6 Å². The van der Waals surface area contributed by atoms with E-state index in [1.54, 1.807) is 12.3 Å². The van der Waals surface area contributed by atoms with Crippen LogP contribution in [0.5, 0.6) is 0 Å². The summed E-state index contributed by atoms with van der Waals surface area (Å²) in [5, 5.41) is 3.56. The molecule has 1 aromatic carbocycles. The van der Waals surface area contributed by atoms with Gasteiger partial charge in [-0.2, -0.15) is 0 Å². The second kappa shape index (κ2) is 6.82. The van der Waals surface area contributed by atoms with Gasteiger partial charge in [-0.25, -0.2) is 4.39 Å². The van der Waals surface area contributed by atoms with Crippen molar-refractivity contribution in [3.8, 4) is 0 Å². The molecular formula is C16H18ClFN2. The molecule has 0 aliphatic carbocycles. The molecule has 2 nitrogen and oxygen atoms in total. The zero-order valence-electron chi connectivity index (χ0n) is 11.7. The number of halogens is 2. The molecule has 1 aromatic heterocycles. The molecule has 4 heteroatoms. The first-order valence-corrected chi connectivity index (χ1v) is 7.08. The maximum atomic E-state index is 13.5. The highest BCUT2D eigenvalue weighted by Crippen LogP contribution is 2.22. The van der Waals surface area contributed by atoms with E-state index >= 15 is 0 Å². The van der Waals surface area contributed by atoms with Gasteiger partial charge in [-0.3, -0.25) is 4.98 Å². The van der Waals surface area contributed by atoms with E-state index in [0.29, 0.717) is 6.42 Å². The first-order valence-electron chi connectivity index (χ1n) is 6.70. The van der Waals surface area contributed by atoms with Crippen LogP contribution in [0.15, 0.2) is 36.5 Å². The third-order valence-corrected chi connectivity index (χ3v) is 3.56. The Morgan fingerprint density at radius 3 is 2.80 bits per heavy atom. The summed E-state index contributed by atoms with van der Waals surface area (Å²) in [4.78, 5) is 4.45. The fourth-order valence-electron chi connectivity index (χ4n) is 2.28. The van der Waals surface area contributed by atoms with E-state index in [0.717, 1.165) is 23.4 Å². The summed E-state index contributed by atoms with van der Waals surface area (Å²) in [5.41, 5.74) is 3.04. The molecule has 0 bridgehead atoms. The van der Waals surface area contributed by atoms with Gasteiger partial charge in [0, 0.05) is 6.20 Å². The number of benzene rings is 1. The van der Waals surface area contributed by atoms with Gasteiger partial charge in [0.25, 0.3) is 0 Å². The Hall–Kier alpha value is -1.45. The molecule has 0 fully saturated rings. The monoisotopic (exact) mass is 292 g/mol. The Bertz CT molecular complexity index is 586. The van der Waals surface area contributed by atoms with E-state index in [-0.39, 0.29) is 16.9 Å². The van der Waals surface area contributed by atoms with Gasteiger partial charge in [0.1, 0.15) is 5.82 Å². The van der Waals surface area contributed by atoms with Crippen molar-refractivity contribution in [2.45, 2.75) is 26.3 Å². The van der Waals surface area contributed by atoms with Crippen molar-refractivity contribution in [1.82, 2.24) is 10.3 Å². The Labute approximate surface area is 124 Å². The lowest BCUT2D eigenvalue weighted by Crippen LogP contribution is -2.24. The van der Waals surface area contributed by atoms with Gasteiger partial charge in [0.2, 0.25) is 0 Å². The predicted molar refractivity (Wildman–Crippen MR) is 80.5 cm³/mol. The number of rotatable bonds is 5. The van der Waals surface area contributed by atoms with Crippen molar-refractivity contribution in [3.05, 3.63) is 64.2 Å². The third-order valence-electron chi connectivity index (χ3n) is 3.25. The first-order chi connectivity index (χ1) is 9.61. The van der Waals surface area contributed by atoms with Crippen molar-refractivity contribution in [2.24, 2.45) is 0 Å². The second-order valence-corrected chi connectivity index (χ2v) is 5.18. The molecule has 2 aromatic rings. The quantitative estimate of drug-likeness (QED) is 0.898. The van der Waals surface area contributed by atoms with E-state index in [9.17, 15) is 4.39 Å². The molecule has 20 heavy (non-hydrogen) atoms. The SMILES string of the molecule is CCNC(Cc1ccc(Cl)c(F)c1)c1ncccc1C. The summed E-state index contributed by atoms with van der Waals surface area (Å²) in [6.07, 6.45) is 2.47. The van der Waals surface area contributed by atoms with Crippen molar-refractivity contribution in [2.75, 3.05) is 6.54 Å². The molecule has 1 unspecified atom stereocenters. The minimum atomic E-state index is -0.378. The normalized spacial score (nSPS) is 12.4. The Kier molecular flexibility index (Phi) is 5.10. The number of aryl methyl sites for hydroxylation is 1. The summed E-state index contributed by atoms with van der Waals surface area (Å²) >= 11 is 5.72. The van der Waals surface area contributed by atoms with Crippen LogP contribution in [0, 0.1) is 12.7 Å². The van der Waals surface area contributed by atoms with Gasteiger partial charge in [-0.15, -0.1) is 0 Å². The Balaban J connectivity index is 2.25. The first kappa shape index (κ1) is 14.9. The number of hydrogen-bond acceptors (Lipinski definition) is 2. The lowest BCUT2D eigenvalue weighted by atomic mass is 10.00. The summed E-state index contributed by atoms with van der Waals surface area (Å²) < 4.78 is 13.5. The summed E-state index contributed by atoms with van der Waals surface area (Å²) in [6, 6.07) is 8.97. The number of nitrogens with zero attached hydrogens (tertiary/aromatic N) is 1. The van der Waals surface area contributed by atoms with Crippen molar-refractivity contribution >= 4 is 11.6 Å². The minimum absolute atomic E-state index is 0.0711. The lowest BCUT2D eigenvalue weighted by molar-refractivity contribution is 0.531. The van der Waals surface area contributed by atoms with Crippen LogP contribution in [0.3, 0.4) is 0 Å². The molecule has 106 valence electrons. The Morgan fingerprint density at radius 1 is 1.35 bits per heavy atom. The predicted octanol–water partition coefficient (Wildman–Crippen LogP) is 4.08. The summed E-state index contributed by atoms with van der Waals surface area (Å²) in [5.74, 6) is -0.378. The molecule has 0 aliphatic rings. The van der Waals surface area contributed by atoms with Gasteiger partial charge in [-0.05, 0) is 49.2 Å². The average Bonchev–Trinajstić information content (AvgIpc) is 2.43.